The van der Waals surface area contributed by atoms with Gasteiger partial charge >= 0.3 is 6.03 Å². The van der Waals surface area contributed by atoms with Crippen molar-refractivity contribution in [3.63, 3.8) is 0 Å². The predicted octanol–water partition coefficient (Wildman–Crippen LogP) is 2.04. The van der Waals surface area contributed by atoms with Gasteiger partial charge in [0.2, 0.25) is 5.91 Å². The summed E-state index contributed by atoms with van der Waals surface area (Å²) in [5, 5.41) is 8.99. The molecule has 2 bridgehead atoms. The van der Waals surface area contributed by atoms with Gasteiger partial charge in [0.05, 0.1) is 0 Å². The average Bonchev–Trinajstić information content (AvgIpc) is 2.79. The number of hydrogen-bond donors (Lipinski definition) is 4. The molecule has 2 aliphatic heterocycles. The van der Waals surface area contributed by atoms with Crippen LogP contribution in [0.15, 0.2) is 24.3 Å². The minimum absolute atomic E-state index is 0.0573. The van der Waals surface area contributed by atoms with Crippen LogP contribution >= 0.6 is 0 Å². The van der Waals surface area contributed by atoms with Crippen molar-refractivity contribution in [3.8, 4) is 0 Å². The van der Waals surface area contributed by atoms with Gasteiger partial charge in [-0.25, -0.2) is 4.79 Å². The molecule has 2 atom stereocenters. The second-order valence-electron chi connectivity index (χ2n) is 6.29. The molecule has 3 rings (SSSR count). The first kappa shape index (κ1) is 14.8. The van der Waals surface area contributed by atoms with Crippen molar-refractivity contribution in [1.29, 1.82) is 0 Å². The Kier molecular flexibility index (Phi) is 4.29. The van der Waals surface area contributed by atoms with Crippen molar-refractivity contribution in [2.45, 2.75) is 44.2 Å². The molecule has 2 unspecified atom stereocenters. The highest BCUT2D eigenvalue weighted by molar-refractivity contribution is 5.92. The van der Waals surface area contributed by atoms with Gasteiger partial charge in [-0.3, -0.25) is 4.79 Å². The molecule has 1 aromatic carbocycles. The number of urea groups is 1. The highest BCUT2D eigenvalue weighted by atomic mass is 16.2. The third-order valence-electron chi connectivity index (χ3n) is 4.48. The van der Waals surface area contributed by atoms with Gasteiger partial charge in [-0.2, -0.15) is 0 Å². The molecule has 118 valence electrons. The van der Waals surface area contributed by atoms with E-state index in [0.29, 0.717) is 30.1 Å². The Balaban J connectivity index is 1.50. The van der Waals surface area contributed by atoms with Crippen LogP contribution in [0.4, 0.5) is 16.2 Å². The molecule has 22 heavy (non-hydrogen) atoms. The third-order valence-corrected chi connectivity index (χ3v) is 4.48. The average molecular weight is 302 g/mol. The summed E-state index contributed by atoms with van der Waals surface area (Å²) in [5.74, 6) is 0.538. The van der Waals surface area contributed by atoms with Crippen molar-refractivity contribution in [2.75, 3.05) is 10.6 Å². The SMILES string of the molecule is NC(=O)Nc1ccc(NC(=O)CC2CC3CCC(C2)N3)cc1. The van der Waals surface area contributed by atoms with Gasteiger partial charge in [-0.05, 0) is 55.9 Å². The summed E-state index contributed by atoms with van der Waals surface area (Å²) in [7, 11) is 0. The summed E-state index contributed by atoms with van der Waals surface area (Å²) in [6.45, 7) is 0. The largest absolute Gasteiger partial charge is 0.351 e. The number of carbonyl (C=O) groups excluding carboxylic acids is 2. The molecule has 0 spiro atoms. The maximum absolute atomic E-state index is 12.2. The standard InChI is InChI=1S/C16H22N4O2/c17-16(22)20-12-3-1-11(2-4-12)19-15(21)9-10-7-13-5-6-14(8-10)18-13/h1-4,10,13-14,18H,5-9H2,(H,19,21)(H3,17,20,22). The van der Waals surface area contributed by atoms with E-state index in [2.05, 4.69) is 16.0 Å². The number of benzene rings is 1. The molecule has 1 aromatic rings. The Morgan fingerprint density at radius 2 is 1.59 bits per heavy atom. The molecule has 2 heterocycles. The van der Waals surface area contributed by atoms with Crippen molar-refractivity contribution in [1.82, 2.24) is 5.32 Å². The highest BCUT2D eigenvalue weighted by Gasteiger charge is 2.34. The van der Waals surface area contributed by atoms with Gasteiger partial charge in [0.25, 0.3) is 0 Å². The number of primary amides is 1. The summed E-state index contributed by atoms with van der Waals surface area (Å²) in [4.78, 5) is 22.9. The summed E-state index contributed by atoms with van der Waals surface area (Å²) in [6, 6.07) is 7.56. The van der Waals surface area contributed by atoms with Crippen molar-refractivity contribution < 1.29 is 9.59 Å². The first-order chi connectivity index (χ1) is 10.6. The number of amides is 3. The number of rotatable bonds is 4. The Morgan fingerprint density at radius 1 is 1.05 bits per heavy atom. The van der Waals surface area contributed by atoms with E-state index >= 15 is 0 Å². The number of anilines is 2. The van der Waals surface area contributed by atoms with E-state index in [1.165, 1.54) is 12.8 Å². The molecule has 0 aliphatic carbocycles. The van der Waals surface area contributed by atoms with Gasteiger partial charge in [0, 0.05) is 29.9 Å². The molecule has 2 fully saturated rings. The molecule has 6 nitrogen and oxygen atoms in total. The fourth-order valence-electron chi connectivity index (χ4n) is 3.60. The molecule has 3 amide bonds. The zero-order chi connectivity index (χ0) is 15.5. The Hall–Kier alpha value is -2.08. The molecular formula is C16H22N4O2. The minimum atomic E-state index is -0.600. The monoisotopic (exact) mass is 302 g/mol. The van der Waals surface area contributed by atoms with Crippen molar-refractivity contribution in [3.05, 3.63) is 24.3 Å². The summed E-state index contributed by atoms with van der Waals surface area (Å²) in [6.07, 6.45) is 5.28. The maximum atomic E-state index is 12.2. The van der Waals surface area contributed by atoms with Crippen LogP contribution in [-0.4, -0.2) is 24.0 Å². The summed E-state index contributed by atoms with van der Waals surface area (Å²) < 4.78 is 0. The van der Waals surface area contributed by atoms with E-state index in [1.807, 2.05) is 0 Å². The quantitative estimate of drug-likeness (QED) is 0.685. The van der Waals surface area contributed by atoms with Crippen LogP contribution in [0.5, 0.6) is 0 Å². The lowest BCUT2D eigenvalue weighted by atomic mass is 9.89. The molecule has 0 saturated carbocycles. The zero-order valence-corrected chi connectivity index (χ0v) is 12.5. The van der Waals surface area contributed by atoms with Crippen LogP contribution in [-0.2, 0) is 4.79 Å². The van der Waals surface area contributed by atoms with E-state index in [0.717, 1.165) is 18.5 Å². The number of nitrogens with one attached hydrogen (secondary N) is 3. The van der Waals surface area contributed by atoms with Crippen LogP contribution in [0.25, 0.3) is 0 Å². The topological polar surface area (TPSA) is 96.2 Å². The molecule has 0 aromatic heterocycles. The van der Waals surface area contributed by atoms with Crippen LogP contribution in [0.1, 0.15) is 32.1 Å². The predicted molar refractivity (Wildman–Crippen MR) is 85.6 cm³/mol. The first-order valence-electron chi connectivity index (χ1n) is 7.81. The van der Waals surface area contributed by atoms with Gasteiger partial charge in [0.15, 0.2) is 0 Å². The molecule has 2 saturated heterocycles. The lowest BCUT2D eigenvalue weighted by Gasteiger charge is -2.28. The second kappa shape index (κ2) is 6.36. The van der Waals surface area contributed by atoms with E-state index in [4.69, 9.17) is 5.73 Å². The van der Waals surface area contributed by atoms with Crippen LogP contribution < -0.4 is 21.7 Å². The van der Waals surface area contributed by atoms with E-state index < -0.39 is 6.03 Å². The number of hydrogen-bond acceptors (Lipinski definition) is 3. The van der Waals surface area contributed by atoms with Gasteiger partial charge < -0.3 is 21.7 Å². The third kappa shape index (κ3) is 3.76. The Morgan fingerprint density at radius 3 is 2.14 bits per heavy atom. The number of fused-ring (bicyclic) bond motifs is 2. The number of nitrogens with two attached hydrogens (primary N) is 1. The smallest absolute Gasteiger partial charge is 0.316 e. The Labute approximate surface area is 129 Å². The van der Waals surface area contributed by atoms with Crippen molar-refractivity contribution >= 4 is 23.3 Å². The molecule has 6 heteroatoms. The van der Waals surface area contributed by atoms with E-state index in [1.54, 1.807) is 24.3 Å². The lowest BCUT2D eigenvalue weighted by Crippen LogP contribution is -2.39. The van der Waals surface area contributed by atoms with Crippen molar-refractivity contribution in [2.24, 2.45) is 11.7 Å². The summed E-state index contributed by atoms with van der Waals surface area (Å²) in [5.41, 5.74) is 6.39. The molecule has 0 radical (unpaired) electrons. The van der Waals surface area contributed by atoms with E-state index in [9.17, 15) is 9.59 Å². The fraction of sp³-hybridized carbons (Fsp3) is 0.500. The number of carbonyl (C=O) groups is 2. The van der Waals surface area contributed by atoms with E-state index in [-0.39, 0.29) is 5.91 Å². The Bertz CT molecular complexity index is 546. The molecular weight excluding hydrogens is 280 g/mol. The fourth-order valence-corrected chi connectivity index (χ4v) is 3.60. The molecule has 5 N–H and O–H groups in total. The van der Waals surface area contributed by atoms with Gasteiger partial charge in [-0.1, -0.05) is 0 Å². The zero-order valence-electron chi connectivity index (χ0n) is 12.5. The minimum Gasteiger partial charge on any atom is -0.351 e. The number of piperidine rings is 1. The van der Waals surface area contributed by atoms with Crippen LogP contribution in [0.2, 0.25) is 0 Å². The lowest BCUT2D eigenvalue weighted by molar-refractivity contribution is -0.117. The maximum Gasteiger partial charge on any atom is 0.316 e. The van der Waals surface area contributed by atoms with Crippen LogP contribution in [0.3, 0.4) is 0 Å². The highest BCUT2D eigenvalue weighted by Crippen LogP contribution is 2.32. The second-order valence-corrected chi connectivity index (χ2v) is 6.29. The normalized spacial score (nSPS) is 26.5. The van der Waals surface area contributed by atoms with Crippen LogP contribution in [0, 0.1) is 5.92 Å². The molecule has 2 aliphatic rings. The van der Waals surface area contributed by atoms with Gasteiger partial charge in [0.1, 0.15) is 0 Å². The first-order valence-corrected chi connectivity index (χ1v) is 7.81. The van der Waals surface area contributed by atoms with Gasteiger partial charge in [-0.15, -0.1) is 0 Å². The summed E-state index contributed by atoms with van der Waals surface area (Å²) >= 11 is 0.